The number of anilines is 3. The highest BCUT2D eigenvalue weighted by molar-refractivity contribution is 6.25. The molecule has 1 aliphatic rings. The van der Waals surface area contributed by atoms with Gasteiger partial charge in [0.1, 0.15) is 5.82 Å². The summed E-state index contributed by atoms with van der Waals surface area (Å²) >= 11 is 0. The van der Waals surface area contributed by atoms with Crippen LogP contribution in [0.5, 0.6) is 0 Å². The zero-order valence-electron chi connectivity index (χ0n) is 35.1. The fourth-order valence-corrected chi connectivity index (χ4v) is 9.92. The molecular formula is C59H42N4. The average molecular weight is 807 g/mol. The van der Waals surface area contributed by atoms with Gasteiger partial charge in [-0.05, 0) is 86.6 Å². The van der Waals surface area contributed by atoms with Crippen LogP contribution in [0.15, 0.2) is 218 Å². The van der Waals surface area contributed by atoms with E-state index in [2.05, 4.69) is 236 Å². The molecule has 0 unspecified atom stereocenters. The van der Waals surface area contributed by atoms with Crippen molar-refractivity contribution >= 4 is 49.6 Å². The van der Waals surface area contributed by atoms with Crippen molar-refractivity contribution in [2.75, 3.05) is 4.90 Å². The molecule has 9 aromatic carbocycles. The van der Waals surface area contributed by atoms with Gasteiger partial charge < -0.3 is 4.90 Å². The van der Waals surface area contributed by atoms with E-state index >= 15 is 0 Å². The SMILES string of the molecule is CC1(C)c2ccccc2N(c2ccccc2)c2ccc(-c3cccc4c3c3c5ccccc5ccc3n4-c3cc(-c4ccc(-c5ccccc5)cc4)nc(-c4ccccc4)n3)cc21. The number of hydrogen-bond acceptors (Lipinski definition) is 3. The molecule has 11 aromatic rings. The first-order chi connectivity index (χ1) is 31.0. The van der Waals surface area contributed by atoms with Crippen LogP contribution >= 0.6 is 0 Å². The molecule has 0 amide bonds. The van der Waals surface area contributed by atoms with Crippen LogP contribution in [-0.2, 0) is 5.41 Å². The predicted molar refractivity (Wildman–Crippen MR) is 262 cm³/mol. The second-order valence-corrected chi connectivity index (χ2v) is 17.0. The third-order valence-corrected chi connectivity index (χ3v) is 13.0. The van der Waals surface area contributed by atoms with E-state index < -0.39 is 0 Å². The Bertz CT molecular complexity index is 3520. The summed E-state index contributed by atoms with van der Waals surface area (Å²) in [5.41, 5.74) is 15.7. The molecule has 0 N–H and O–H groups in total. The van der Waals surface area contributed by atoms with Crippen LogP contribution in [0.3, 0.4) is 0 Å². The first-order valence-corrected chi connectivity index (χ1v) is 21.7. The number of rotatable bonds is 6. The summed E-state index contributed by atoms with van der Waals surface area (Å²) < 4.78 is 2.35. The van der Waals surface area contributed by atoms with Gasteiger partial charge in [0.15, 0.2) is 5.82 Å². The van der Waals surface area contributed by atoms with E-state index in [0.717, 1.165) is 39.4 Å². The summed E-state index contributed by atoms with van der Waals surface area (Å²) in [6.07, 6.45) is 0. The number of benzene rings is 9. The molecule has 0 bridgehead atoms. The Morgan fingerprint density at radius 3 is 1.83 bits per heavy atom. The minimum Gasteiger partial charge on any atom is -0.310 e. The summed E-state index contributed by atoms with van der Waals surface area (Å²) in [6, 6.07) is 78.4. The molecule has 0 saturated heterocycles. The Morgan fingerprint density at radius 2 is 1.03 bits per heavy atom. The first-order valence-electron chi connectivity index (χ1n) is 21.7. The largest absolute Gasteiger partial charge is 0.310 e. The van der Waals surface area contributed by atoms with Crippen LogP contribution in [-0.4, -0.2) is 14.5 Å². The summed E-state index contributed by atoms with van der Waals surface area (Å²) in [5, 5.41) is 4.82. The molecule has 0 fully saturated rings. The molecule has 2 aromatic heterocycles. The molecule has 12 rings (SSSR count). The Kier molecular flexibility index (Phi) is 8.48. The topological polar surface area (TPSA) is 34.0 Å². The lowest BCUT2D eigenvalue weighted by molar-refractivity contribution is 0.632. The van der Waals surface area contributed by atoms with Gasteiger partial charge in [-0.15, -0.1) is 0 Å². The Hall–Kier alpha value is -8.08. The van der Waals surface area contributed by atoms with E-state index in [-0.39, 0.29) is 5.41 Å². The van der Waals surface area contributed by atoms with Gasteiger partial charge in [-0.25, -0.2) is 9.97 Å². The van der Waals surface area contributed by atoms with Crippen LogP contribution in [0, 0.1) is 0 Å². The Labute approximate surface area is 367 Å². The van der Waals surface area contributed by atoms with Crippen molar-refractivity contribution in [3.8, 4) is 50.7 Å². The van der Waals surface area contributed by atoms with Crippen molar-refractivity contribution < 1.29 is 0 Å². The number of para-hydroxylation sites is 2. The summed E-state index contributed by atoms with van der Waals surface area (Å²) in [6.45, 7) is 4.73. The van der Waals surface area contributed by atoms with E-state index in [1.807, 2.05) is 6.07 Å². The maximum absolute atomic E-state index is 5.40. The molecule has 298 valence electrons. The lowest BCUT2D eigenvalue weighted by atomic mass is 9.73. The fraction of sp³-hybridized carbons (Fsp3) is 0.0508. The van der Waals surface area contributed by atoms with Gasteiger partial charge >= 0.3 is 0 Å². The Balaban J connectivity index is 1.10. The zero-order valence-corrected chi connectivity index (χ0v) is 35.1. The van der Waals surface area contributed by atoms with Crippen molar-refractivity contribution in [3.05, 3.63) is 230 Å². The van der Waals surface area contributed by atoms with E-state index in [0.29, 0.717) is 5.82 Å². The van der Waals surface area contributed by atoms with E-state index in [1.165, 1.54) is 66.3 Å². The molecule has 0 saturated carbocycles. The van der Waals surface area contributed by atoms with Crippen molar-refractivity contribution in [3.63, 3.8) is 0 Å². The monoisotopic (exact) mass is 806 g/mol. The number of hydrogen-bond donors (Lipinski definition) is 0. The molecule has 3 heterocycles. The third-order valence-electron chi connectivity index (χ3n) is 13.0. The summed E-state index contributed by atoms with van der Waals surface area (Å²) in [7, 11) is 0. The maximum atomic E-state index is 5.40. The van der Waals surface area contributed by atoms with E-state index in [9.17, 15) is 0 Å². The highest BCUT2D eigenvalue weighted by atomic mass is 15.2. The van der Waals surface area contributed by atoms with Crippen molar-refractivity contribution in [1.82, 2.24) is 14.5 Å². The minimum absolute atomic E-state index is 0.244. The highest BCUT2D eigenvalue weighted by Crippen LogP contribution is 2.53. The molecule has 0 atom stereocenters. The standard InChI is InChI=1S/C59H42N4/c1-59(2)48-26-14-15-27-51(48)62(45-22-10-5-11-23-45)52-35-34-44(37-49(52)59)47-25-16-28-53-57(47)56-46-24-13-12-19-41(46)33-36-54(56)63(53)55-38-50(60-58(61-55)43-20-8-4-9-21-43)42-31-29-40(30-32-42)39-17-6-3-7-18-39/h3-38H,1-2H3. The van der Waals surface area contributed by atoms with Crippen molar-refractivity contribution in [2.24, 2.45) is 0 Å². The van der Waals surface area contributed by atoms with Crippen LogP contribution in [0.2, 0.25) is 0 Å². The summed E-state index contributed by atoms with van der Waals surface area (Å²) in [5.74, 6) is 1.50. The normalized spacial score (nSPS) is 13.0. The molecule has 0 aliphatic carbocycles. The quantitative estimate of drug-likeness (QED) is 0.168. The average Bonchev–Trinajstić information content (AvgIpc) is 3.70. The van der Waals surface area contributed by atoms with Crippen LogP contribution in [0.1, 0.15) is 25.0 Å². The molecule has 63 heavy (non-hydrogen) atoms. The lowest BCUT2D eigenvalue weighted by Crippen LogP contribution is -2.30. The molecule has 4 heteroatoms. The van der Waals surface area contributed by atoms with Gasteiger partial charge in [0.2, 0.25) is 0 Å². The lowest BCUT2D eigenvalue weighted by Gasteiger charge is -2.42. The molecular weight excluding hydrogens is 765 g/mol. The van der Waals surface area contributed by atoms with E-state index in [4.69, 9.17) is 9.97 Å². The first kappa shape index (κ1) is 36.7. The van der Waals surface area contributed by atoms with Gasteiger partial charge in [0.25, 0.3) is 0 Å². The van der Waals surface area contributed by atoms with Gasteiger partial charge in [-0.3, -0.25) is 4.57 Å². The second kappa shape index (κ2) is 14.5. The smallest absolute Gasteiger partial charge is 0.162 e. The molecule has 4 nitrogen and oxygen atoms in total. The minimum atomic E-state index is -0.244. The zero-order chi connectivity index (χ0) is 42.1. The van der Waals surface area contributed by atoms with Crippen molar-refractivity contribution in [1.29, 1.82) is 0 Å². The van der Waals surface area contributed by atoms with E-state index in [1.54, 1.807) is 0 Å². The second-order valence-electron chi connectivity index (χ2n) is 17.0. The van der Waals surface area contributed by atoms with Crippen LogP contribution in [0.4, 0.5) is 17.1 Å². The van der Waals surface area contributed by atoms with Crippen molar-refractivity contribution in [2.45, 2.75) is 19.3 Å². The predicted octanol–water partition coefficient (Wildman–Crippen LogP) is 15.5. The van der Waals surface area contributed by atoms with Gasteiger partial charge in [0.05, 0.1) is 28.1 Å². The van der Waals surface area contributed by atoms with Gasteiger partial charge in [0, 0.05) is 39.1 Å². The molecule has 0 spiro atoms. The van der Waals surface area contributed by atoms with Gasteiger partial charge in [-0.2, -0.15) is 0 Å². The fourth-order valence-electron chi connectivity index (χ4n) is 9.92. The number of nitrogens with zero attached hydrogens (tertiary/aromatic N) is 4. The van der Waals surface area contributed by atoms with Crippen LogP contribution < -0.4 is 4.90 Å². The van der Waals surface area contributed by atoms with Gasteiger partial charge in [-0.1, -0.05) is 184 Å². The number of aromatic nitrogens is 3. The Morgan fingerprint density at radius 1 is 0.413 bits per heavy atom. The van der Waals surface area contributed by atoms with Crippen LogP contribution in [0.25, 0.3) is 83.3 Å². The number of fused-ring (bicyclic) bond motifs is 7. The maximum Gasteiger partial charge on any atom is 0.162 e. The third kappa shape index (κ3) is 5.98. The highest BCUT2D eigenvalue weighted by Gasteiger charge is 2.37. The molecule has 1 aliphatic heterocycles. The summed E-state index contributed by atoms with van der Waals surface area (Å²) in [4.78, 5) is 13.1. The molecule has 0 radical (unpaired) electrons.